The molecule has 0 spiro atoms. The van der Waals surface area contributed by atoms with Gasteiger partial charge in [0.15, 0.2) is 0 Å². The third-order valence-corrected chi connectivity index (χ3v) is 4.59. The normalized spacial score (nSPS) is 36.6. The lowest BCUT2D eigenvalue weighted by molar-refractivity contribution is -0.0852. The number of hydrogen-bond donors (Lipinski definition) is 0. The predicted molar refractivity (Wildman–Crippen MR) is 71.6 cm³/mol. The molecule has 0 amide bonds. The summed E-state index contributed by atoms with van der Waals surface area (Å²) >= 11 is 0. The minimum absolute atomic E-state index is 0.419. The van der Waals surface area contributed by atoms with Crippen molar-refractivity contribution < 1.29 is 9.47 Å². The van der Waals surface area contributed by atoms with Gasteiger partial charge in [0.1, 0.15) is 0 Å². The lowest BCUT2D eigenvalue weighted by Gasteiger charge is -2.39. The second-order valence-corrected chi connectivity index (χ2v) is 6.00. The molecule has 0 aromatic rings. The molecule has 3 nitrogen and oxygen atoms in total. The first-order valence-corrected chi connectivity index (χ1v) is 7.43. The van der Waals surface area contributed by atoms with Crippen LogP contribution in [-0.4, -0.2) is 50.0 Å². The number of ether oxygens (including phenoxy) is 2. The van der Waals surface area contributed by atoms with E-state index in [1.54, 1.807) is 0 Å². The molecular formula is C15H25NO2. The highest BCUT2D eigenvalue weighted by molar-refractivity contribution is 4.96. The summed E-state index contributed by atoms with van der Waals surface area (Å²) in [4.78, 5) is 2.69. The summed E-state index contributed by atoms with van der Waals surface area (Å²) in [7, 11) is 0. The summed E-state index contributed by atoms with van der Waals surface area (Å²) in [6.07, 6.45) is 7.68. The predicted octanol–water partition coefficient (Wildman–Crippen LogP) is 2.08. The second-order valence-electron chi connectivity index (χ2n) is 6.00. The van der Waals surface area contributed by atoms with Gasteiger partial charge in [0, 0.05) is 25.0 Å². The average Bonchev–Trinajstić information content (AvgIpc) is 3.10. The molecular weight excluding hydrogens is 226 g/mol. The molecule has 0 bridgehead atoms. The topological polar surface area (TPSA) is 21.7 Å². The smallest absolute Gasteiger partial charge is 0.0780 e. The van der Waals surface area contributed by atoms with Crippen LogP contribution in [0, 0.1) is 11.8 Å². The fraction of sp³-hybridized carbons (Fsp3) is 0.867. The zero-order valence-electron chi connectivity index (χ0n) is 11.2. The van der Waals surface area contributed by atoms with E-state index >= 15 is 0 Å². The van der Waals surface area contributed by atoms with Gasteiger partial charge in [-0.05, 0) is 31.6 Å². The molecule has 102 valence electrons. The first kappa shape index (κ1) is 12.6. The van der Waals surface area contributed by atoms with Crippen LogP contribution in [0.15, 0.2) is 12.7 Å². The van der Waals surface area contributed by atoms with Crippen LogP contribution in [0.2, 0.25) is 0 Å². The van der Waals surface area contributed by atoms with Crippen molar-refractivity contribution in [2.24, 2.45) is 11.8 Å². The van der Waals surface area contributed by atoms with Gasteiger partial charge in [0.25, 0.3) is 0 Å². The van der Waals surface area contributed by atoms with Crippen LogP contribution in [-0.2, 0) is 9.47 Å². The van der Waals surface area contributed by atoms with Gasteiger partial charge >= 0.3 is 0 Å². The molecule has 3 fully saturated rings. The maximum atomic E-state index is 6.03. The zero-order chi connectivity index (χ0) is 12.4. The van der Waals surface area contributed by atoms with E-state index in [2.05, 4.69) is 11.5 Å². The Morgan fingerprint density at radius 3 is 2.94 bits per heavy atom. The molecule has 1 aliphatic heterocycles. The van der Waals surface area contributed by atoms with Crippen molar-refractivity contribution in [2.45, 2.75) is 37.8 Å². The molecule has 3 aliphatic rings. The minimum Gasteiger partial charge on any atom is -0.377 e. The third-order valence-electron chi connectivity index (χ3n) is 4.59. The molecule has 2 aliphatic carbocycles. The van der Waals surface area contributed by atoms with E-state index in [4.69, 9.17) is 9.47 Å². The largest absolute Gasteiger partial charge is 0.377 e. The van der Waals surface area contributed by atoms with E-state index in [0.717, 1.165) is 25.7 Å². The zero-order valence-corrected chi connectivity index (χ0v) is 11.2. The van der Waals surface area contributed by atoms with E-state index in [-0.39, 0.29) is 0 Å². The molecule has 0 radical (unpaired) electrons. The van der Waals surface area contributed by atoms with Gasteiger partial charge in [-0.2, -0.15) is 0 Å². The molecule has 1 heterocycles. The Hall–Kier alpha value is -0.380. The molecule has 0 N–H and O–H groups in total. The number of hydrogen-bond acceptors (Lipinski definition) is 3. The van der Waals surface area contributed by atoms with Crippen LogP contribution in [0.4, 0.5) is 0 Å². The quantitative estimate of drug-likeness (QED) is 0.533. The Morgan fingerprint density at radius 2 is 2.17 bits per heavy atom. The fourth-order valence-corrected chi connectivity index (χ4v) is 3.48. The Morgan fingerprint density at radius 1 is 1.28 bits per heavy atom. The Labute approximate surface area is 110 Å². The summed E-state index contributed by atoms with van der Waals surface area (Å²) < 4.78 is 11.7. The highest BCUT2D eigenvalue weighted by Crippen LogP contribution is 2.38. The van der Waals surface area contributed by atoms with Crippen molar-refractivity contribution in [1.29, 1.82) is 0 Å². The Kier molecular flexibility index (Phi) is 4.02. The molecule has 18 heavy (non-hydrogen) atoms. The average molecular weight is 251 g/mol. The van der Waals surface area contributed by atoms with Gasteiger partial charge in [0.2, 0.25) is 0 Å². The molecule has 1 saturated heterocycles. The number of rotatable bonds is 6. The molecule has 0 aromatic carbocycles. The third kappa shape index (κ3) is 2.79. The van der Waals surface area contributed by atoms with Gasteiger partial charge < -0.3 is 9.47 Å². The molecule has 0 unspecified atom stereocenters. The maximum Gasteiger partial charge on any atom is 0.0780 e. The van der Waals surface area contributed by atoms with Gasteiger partial charge in [-0.25, -0.2) is 0 Å². The minimum atomic E-state index is 0.419. The Balaban J connectivity index is 1.53. The van der Waals surface area contributed by atoms with Crippen LogP contribution >= 0.6 is 0 Å². The first-order chi connectivity index (χ1) is 8.88. The molecule has 3 heteroatoms. The van der Waals surface area contributed by atoms with Gasteiger partial charge in [-0.15, -0.1) is 6.58 Å². The van der Waals surface area contributed by atoms with Crippen molar-refractivity contribution in [1.82, 2.24) is 4.90 Å². The van der Waals surface area contributed by atoms with Gasteiger partial charge in [0.05, 0.1) is 25.9 Å². The number of fused-ring (bicyclic) bond motifs is 1. The maximum absolute atomic E-state index is 6.03. The molecule has 0 aromatic heterocycles. The highest BCUT2D eigenvalue weighted by atomic mass is 16.5. The van der Waals surface area contributed by atoms with Gasteiger partial charge in [-0.3, -0.25) is 4.90 Å². The van der Waals surface area contributed by atoms with E-state index in [1.165, 1.54) is 32.2 Å². The summed E-state index contributed by atoms with van der Waals surface area (Å²) in [6.45, 7) is 8.55. The van der Waals surface area contributed by atoms with Crippen LogP contribution in [0.25, 0.3) is 0 Å². The van der Waals surface area contributed by atoms with E-state index < -0.39 is 0 Å². The van der Waals surface area contributed by atoms with Crippen LogP contribution < -0.4 is 0 Å². The van der Waals surface area contributed by atoms with Crippen molar-refractivity contribution in [3.8, 4) is 0 Å². The summed E-state index contributed by atoms with van der Waals surface area (Å²) in [5.74, 6) is 1.58. The monoisotopic (exact) mass is 251 g/mol. The first-order valence-electron chi connectivity index (χ1n) is 7.43. The van der Waals surface area contributed by atoms with Crippen molar-refractivity contribution >= 4 is 0 Å². The SMILES string of the molecule is C=CCOC[C@@H]1CC[C@@H]2[C@H]1OCCN2CC1CC1. The second kappa shape index (κ2) is 5.72. The van der Waals surface area contributed by atoms with Crippen molar-refractivity contribution in [2.75, 3.05) is 32.9 Å². The lowest BCUT2D eigenvalue weighted by atomic mass is 10.0. The van der Waals surface area contributed by atoms with E-state index in [0.29, 0.717) is 24.7 Å². The van der Waals surface area contributed by atoms with E-state index in [1.807, 2.05) is 6.08 Å². The van der Waals surface area contributed by atoms with Crippen LogP contribution in [0.3, 0.4) is 0 Å². The molecule has 3 atom stereocenters. The Bertz CT molecular complexity index is 290. The van der Waals surface area contributed by atoms with E-state index in [9.17, 15) is 0 Å². The summed E-state index contributed by atoms with van der Waals surface area (Å²) in [5, 5.41) is 0. The fourth-order valence-electron chi connectivity index (χ4n) is 3.48. The lowest BCUT2D eigenvalue weighted by Crippen LogP contribution is -2.51. The van der Waals surface area contributed by atoms with Crippen molar-refractivity contribution in [3.05, 3.63) is 12.7 Å². The summed E-state index contributed by atoms with van der Waals surface area (Å²) in [6, 6.07) is 0.664. The molecule has 3 rings (SSSR count). The van der Waals surface area contributed by atoms with Crippen LogP contribution in [0.5, 0.6) is 0 Å². The molecule has 2 saturated carbocycles. The van der Waals surface area contributed by atoms with Gasteiger partial charge in [-0.1, -0.05) is 6.08 Å². The standard InChI is InChI=1S/C15H25NO2/c1-2-8-17-11-13-5-6-14-15(13)18-9-7-16(14)10-12-3-4-12/h2,12-15H,1,3-11H2/t13-,14+,15-/m0/s1. The summed E-state index contributed by atoms with van der Waals surface area (Å²) in [5.41, 5.74) is 0. The highest BCUT2D eigenvalue weighted by Gasteiger charge is 2.43. The number of nitrogens with zero attached hydrogens (tertiary/aromatic N) is 1. The number of morpholine rings is 1. The van der Waals surface area contributed by atoms with Crippen LogP contribution in [0.1, 0.15) is 25.7 Å². The van der Waals surface area contributed by atoms with Crippen molar-refractivity contribution in [3.63, 3.8) is 0 Å².